The first-order valence-corrected chi connectivity index (χ1v) is 5.06. The Morgan fingerprint density at radius 1 is 1.44 bits per heavy atom. The molecule has 0 saturated carbocycles. The third kappa shape index (κ3) is 2.93. The van der Waals surface area contributed by atoms with Gasteiger partial charge in [0.15, 0.2) is 0 Å². The molecule has 0 saturated heterocycles. The van der Waals surface area contributed by atoms with E-state index in [0.29, 0.717) is 12.1 Å². The Hall–Kier alpha value is -1.62. The van der Waals surface area contributed by atoms with E-state index >= 15 is 0 Å². The van der Waals surface area contributed by atoms with Crippen LogP contribution in [0.15, 0.2) is 18.3 Å². The maximum Gasteiger partial charge on any atom is 0.253 e. The van der Waals surface area contributed by atoms with Crippen molar-refractivity contribution in [1.82, 2.24) is 9.88 Å². The number of aliphatic hydroxyl groups excluding tert-OH is 1. The highest BCUT2D eigenvalue weighted by Crippen LogP contribution is 2.11. The number of rotatable bonds is 4. The zero-order valence-electron chi connectivity index (χ0n) is 9.84. The Kier molecular flexibility index (Phi) is 4.25. The Labute approximate surface area is 95.3 Å². The number of carbonyl (C=O) groups is 1. The van der Waals surface area contributed by atoms with Crippen LogP contribution in [0, 0.1) is 0 Å². The molecule has 1 aromatic heterocycles. The molecule has 1 heterocycles. The highest BCUT2D eigenvalue weighted by molar-refractivity contribution is 5.94. The molecule has 0 aliphatic rings. The summed E-state index contributed by atoms with van der Waals surface area (Å²) in [6.07, 6.45) is 1.61. The normalized spacial score (nSPS) is 10.0. The van der Waals surface area contributed by atoms with E-state index in [1.165, 1.54) is 4.90 Å². The smallest absolute Gasteiger partial charge is 0.253 e. The van der Waals surface area contributed by atoms with Crippen LogP contribution in [0.3, 0.4) is 0 Å². The Morgan fingerprint density at radius 3 is 2.69 bits per heavy atom. The van der Waals surface area contributed by atoms with E-state index in [0.717, 1.165) is 5.82 Å². The molecule has 0 bridgehead atoms. The Bertz CT molecular complexity index is 366. The van der Waals surface area contributed by atoms with Gasteiger partial charge < -0.3 is 14.9 Å². The van der Waals surface area contributed by atoms with E-state index in [-0.39, 0.29) is 12.5 Å². The summed E-state index contributed by atoms with van der Waals surface area (Å²) in [4.78, 5) is 19.3. The largest absolute Gasteiger partial charge is 0.395 e. The molecule has 0 aliphatic heterocycles. The Morgan fingerprint density at radius 2 is 2.12 bits per heavy atom. The minimum absolute atomic E-state index is 0.0339. The van der Waals surface area contributed by atoms with E-state index in [4.69, 9.17) is 5.11 Å². The zero-order chi connectivity index (χ0) is 12.1. The predicted octanol–water partition coefficient (Wildman–Crippen LogP) is 0.212. The molecule has 0 aromatic carbocycles. The predicted molar refractivity (Wildman–Crippen MR) is 62.6 cm³/mol. The SMILES string of the molecule is CN(CCO)C(=O)c1ccnc(N(C)C)c1. The van der Waals surface area contributed by atoms with Gasteiger partial charge in [-0.25, -0.2) is 4.98 Å². The molecule has 0 atom stereocenters. The second-order valence-electron chi connectivity index (χ2n) is 3.75. The summed E-state index contributed by atoms with van der Waals surface area (Å²) in [5.74, 6) is 0.628. The molecule has 88 valence electrons. The highest BCUT2D eigenvalue weighted by Gasteiger charge is 2.12. The number of aliphatic hydroxyl groups is 1. The van der Waals surface area contributed by atoms with Crippen molar-refractivity contribution in [1.29, 1.82) is 0 Å². The van der Waals surface area contributed by atoms with Crippen LogP contribution < -0.4 is 4.90 Å². The molecule has 0 spiro atoms. The average molecular weight is 223 g/mol. The average Bonchev–Trinajstić information content (AvgIpc) is 2.28. The molecular formula is C11H17N3O2. The van der Waals surface area contributed by atoms with E-state index in [1.807, 2.05) is 19.0 Å². The number of nitrogens with zero attached hydrogens (tertiary/aromatic N) is 3. The van der Waals surface area contributed by atoms with Gasteiger partial charge in [0.25, 0.3) is 5.91 Å². The van der Waals surface area contributed by atoms with Gasteiger partial charge in [0, 0.05) is 39.4 Å². The molecular weight excluding hydrogens is 206 g/mol. The fourth-order valence-electron chi connectivity index (χ4n) is 1.27. The molecule has 16 heavy (non-hydrogen) atoms. The van der Waals surface area contributed by atoms with Crippen molar-refractivity contribution in [2.24, 2.45) is 0 Å². The number of aromatic nitrogens is 1. The van der Waals surface area contributed by atoms with Gasteiger partial charge in [-0.3, -0.25) is 4.79 Å². The van der Waals surface area contributed by atoms with Crippen molar-refractivity contribution in [2.75, 3.05) is 39.2 Å². The number of hydrogen-bond donors (Lipinski definition) is 1. The number of likely N-dealkylation sites (N-methyl/N-ethyl adjacent to an activating group) is 1. The van der Waals surface area contributed by atoms with Crippen molar-refractivity contribution in [3.8, 4) is 0 Å². The minimum atomic E-state index is -0.112. The lowest BCUT2D eigenvalue weighted by molar-refractivity contribution is 0.0767. The van der Waals surface area contributed by atoms with Gasteiger partial charge in [-0.1, -0.05) is 0 Å². The molecule has 5 nitrogen and oxygen atoms in total. The van der Waals surface area contributed by atoms with Gasteiger partial charge in [-0.05, 0) is 12.1 Å². The monoisotopic (exact) mass is 223 g/mol. The number of carbonyl (C=O) groups excluding carboxylic acids is 1. The lowest BCUT2D eigenvalue weighted by atomic mass is 10.2. The van der Waals surface area contributed by atoms with E-state index in [1.54, 1.807) is 25.4 Å². The lowest BCUT2D eigenvalue weighted by Gasteiger charge is -2.17. The number of anilines is 1. The first-order valence-electron chi connectivity index (χ1n) is 5.06. The first-order chi connectivity index (χ1) is 7.56. The van der Waals surface area contributed by atoms with Crippen molar-refractivity contribution >= 4 is 11.7 Å². The van der Waals surface area contributed by atoms with Crippen LogP contribution in [-0.4, -0.2) is 55.2 Å². The second-order valence-corrected chi connectivity index (χ2v) is 3.75. The number of amides is 1. The van der Waals surface area contributed by atoms with Gasteiger partial charge in [0.1, 0.15) is 5.82 Å². The summed E-state index contributed by atoms with van der Waals surface area (Å²) < 4.78 is 0. The maximum absolute atomic E-state index is 11.9. The maximum atomic E-state index is 11.9. The van der Waals surface area contributed by atoms with Gasteiger partial charge >= 0.3 is 0 Å². The quantitative estimate of drug-likeness (QED) is 0.793. The van der Waals surface area contributed by atoms with Gasteiger partial charge in [0.2, 0.25) is 0 Å². The zero-order valence-corrected chi connectivity index (χ0v) is 9.84. The number of pyridine rings is 1. The van der Waals surface area contributed by atoms with Crippen LogP contribution in [0.5, 0.6) is 0 Å². The van der Waals surface area contributed by atoms with Crippen LogP contribution in [0.25, 0.3) is 0 Å². The molecule has 0 unspecified atom stereocenters. The van der Waals surface area contributed by atoms with Crippen molar-refractivity contribution in [2.45, 2.75) is 0 Å². The third-order valence-electron chi connectivity index (χ3n) is 2.23. The van der Waals surface area contributed by atoms with Gasteiger partial charge in [-0.2, -0.15) is 0 Å². The van der Waals surface area contributed by atoms with Crippen LogP contribution in [-0.2, 0) is 0 Å². The van der Waals surface area contributed by atoms with E-state index < -0.39 is 0 Å². The van der Waals surface area contributed by atoms with E-state index in [2.05, 4.69) is 4.98 Å². The van der Waals surface area contributed by atoms with E-state index in [9.17, 15) is 4.79 Å². The molecule has 0 radical (unpaired) electrons. The summed E-state index contributed by atoms with van der Waals surface area (Å²) in [6, 6.07) is 3.40. The summed E-state index contributed by atoms with van der Waals surface area (Å²) >= 11 is 0. The van der Waals surface area contributed by atoms with Crippen LogP contribution in [0.4, 0.5) is 5.82 Å². The molecule has 1 aromatic rings. The van der Waals surface area contributed by atoms with Crippen LogP contribution in [0.2, 0.25) is 0 Å². The molecule has 1 amide bonds. The fraction of sp³-hybridized carbons (Fsp3) is 0.455. The molecule has 5 heteroatoms. The molecule has 0 fully saturated rings. The molecule has 1 N–H and O–H groups in total. The first kappa shape index (κ1) is 12.4. The topological polar surface area (TPSA) is 56.7 Å². The van der Waals surface area contributed by atoms with Crippen LogP contribution in [0.1, 0.15) is 10.4 Å². The van der Waals surface area contributed by atoms with Crippen molar-refractivity contribution in [3.63, 3.8) is 0 Å². The fourth-order valence-corrected chi connectivity index (χ4v) is 1.27. The van der Waals surface area contributed by atoms with Crippen molar-refractivity contribution < 1.29 is 9.90 Å². The number of hydrogen-bond acceptors (Lipinski definition) is 4. The molecule has 0 aliphatic carbocycles. The van der Waals surface area contributed by atoms with Gasteiger partial charge in [0.05, 0.1) is 6.61 Å². The summed E-state index contributed by atoms with van der Waals surface area (Å²) in [5.41, 5.74) is 0.578. The second kappa shape index (κ2) is 5.46. The van der Waals surface area contributed by atoms with Gasteiger partial charge in [-0.15, -0.1) is 0 Å². The lowest BCUT2D eigenvalue weighted by Crippen LogP contribution is -2.29. The molecule has 1 rings (SSSR count). The summed E-state index contributed by atoms with van der Waals surface area (Å²) in [7, 11) is 5.40. The summed E-state index contributed by atoms with van der Waals surface area (Å²) in [5, 5.41) is 8.76. The van der Waals surface area contributed by atoms with Crippen molar-refractivity contribution in [3.05, 3.63) is 23.9 Å². The van der Waals surface area contributed by atoms with Crippen LogP contribution >= 0.6 is 0 Å². The third-order valence-corrected chi connectivity index (χ3v) is 2.23. The standard InChI is InChI=1S/C11H17N3O2/c1-13(2)10-8-9(4-5-12-10)11(16)14(3)6-7-15/h4-5,8,15H,6-7H2,1-3H3. The minimum Gasteiger partial charge on any atom is -0.395 e. The highest BCUT2D eigenvalue weighted by atomic mass is 16.3. The summed E-state index contributed by atoms with van der Waals surface area (Å²) in [6.45, 7) is 0.298. The Balaban J connectivity index is 2.87.